The van der Waals surface area contributed by atoms with E-state index in [9.17, 15) is 4.39 Å². The Labute approximate surface area is 89.0 Å². The van der Waals surface area contributed by atoms with Crippen LogP contribution < -0.4 is 5.32 Å². The van der Waals surface area contributed by atoms with Crippen LogP contribution in [0.25, 0.3) is 0 Å². The first-order chi connectivity index (χ1) is 7.18. The van der Waals surface area contributed by atoms with Crippen molar-refractivity contribution >= 4 is 5.69 Å². The van der Waals surface area contributed by atoms with E-state index in [4.69, 9.17) is 4.74 Å². The van der Waals surface area contributed by atoms with Gasteiger partial charge in [-0.2, -0.15) is 4.39 Å². The molecule has 15 heavy (non-hydrogen) atoms. The minimum absolute atomic E-state index is 0.483. The lowest BCUT2D eigenvalue weighted by Crippen LogP contribution is -2.10. The molecule has 0 aliphatic heterocycles. The molecule has 0 amide bonds. The third kappa shape index (κ3) is 5.12. The van der Waals surface area contributed by atoms with Crippen molar-refractivity contribution in [1.82, 2.24) is 4.98 Å². The third-order valence-electron chi connectivity index (χ3n) is 1.65. The minimum Gasteiger partial charge on any atom is -0.383 e. The Balaban J connectivity index is 2.17. The van der Waals surface area contributed by atoms with Gasteiger partial charge in [-0.3, -0.25) is 0 Å². The lowest BCUT2D eigenvalue weighted by Gasteiger charge is -2.06. The van der Waals surface area contributed by atoms with Crippen LogP contribution in [0.15, 0.2) is 30.5 Å². The van der Waals surface area contributed by atoms with Crippen molar-refractivity contribution in [2.24, 2.45) is 0 Å². The number of ether oxygens (including phenoxy) is 1. The first-order valence-corrected chi connectivity index (χ1v) is 4.76. The second-order valence-corrected chi connectivity index (χ2v) is 3.30. The van der Waals surface area contributed by atoms with Gasteiger partial charge < -0.3 is 10.1 Å². The van der Waals surface area contributed by atoms with Gasteiger partial charge in [0, 0.05) is 24.5 Å². The summed E-state index contributed by atoms with van der Waals surface area (Å²) >= 11 is 0. The molecule has 0 bridgehead atoms. The van der Waals surface area contributed by atoms with Crippen molar-refractivity contribution in [2.75, 3.05) is 25.1 Å². The van der Waals surface area contributed by atoms with E-state index in [-0.39, 0.29) is 0 Å². The molecule has 0 spiro atoms. The number of pyridine rings is 1. The molecule has 0 saturated carbocycles. The lowest BCUT2D eigenvalue weighted by molar-refractivity contribution is 0.167. The zero-order valence-electron chi connectivity index (χ0n) is 8.79. The van der Waals surface area contributed by atoms with Crippen molar-refractivity contribution < 1.29 is 9.13 Å². The Morgan fingerprint density at radius 2 is 2.47 bits per heavy atom. The molecular formula is C11H15FN2O. The highest BCUT2D eigenvalue weighted by atomic mass is 19.1. The van der Waals surface area contributed by atoms with E-state index >= 15 is 0 Å². The molecular weight excluding hydrogens is 195 g/mol. The van der Waals surface area contributed by atoms with Gasteiger partial charge >= 0.3 is 0 Å². The zero-order chi connectivity index (χ0) is 11.1. The van der Waals surface area contributed by atoms with Gasteiger partial charge in [0.25, 0.3) is 0 Å². The topological polar surface area (TPSA) is 34.1 Å². The molecule has 0 unspecified atom stereocenters. The van der Waals surface area contributed by atoms with Crippen LogP contribution >= 0.6 is 0 Å². The van der Waals surface area contributed by atoms with Gasteiger partial charge in [0.1, 0.15) is 0 Å². The summed E-state index contributed by atoms with van der Waals surface area (Å²) in [6, 6.07) is 3.06. The van der Waals surface area contributed by atoms with Gasteiger partial charge in [0.2, 0.25) is 5.95 Å². The zero-order valence-corrected chi connectivity index (χ0v) is 8.79. The summed E-state index contributed by atoms with van der Waals surface area (Å²) in [5.74, 6) is -0.483. The Morgan fingerprint density at radius 1 is 1.67 bits per heavy atom. The molecule has 1 aromatic heterocycles. The number of anilines is 1. The van der Waals surface area contributed by atoms with Gasteiger partial charge in [-0.15, -0.1) is 0 Å². The summed E-state index contributed by atoms with van der Waals surface area (Å²) in [5.41, 5.74) is 1.70. The van der Waals surface area contributed by atoms with Gasteiger partial charge in [0.15, 0.2) is 0 Å². The number of rotatable bonds is 6. The summed E-state index contributed by atoms with van der Waals surface area (Å²) < 4.78 is 17.9. The van der Waals surface area contributed by atoms with Crippen LogP contribution in [0.1, 0.15) is 6.92 Å². The molecule has 0 aliphatic carbocycles. The van der Waals surface area contributed by atoms with Crippen molar-refractivity contribution in [2.45, 2.75) is 6.92 Å². The quantitative estimate of drug-likeness (QED) is 0.444. The smallest absolute Gasteiger partial charge is 0.214 e. The Morgan fingerprint density at radius 3 is 3.13 bits per heavy atom. The number of nitrogens with zero attached hydrogens (tertiary/aromatic N) is 1. The third-order valence-corrected chi connectivity index (χ3v) is 1.65. The summed E-state index contributed by atoms with van der Waals surface area (Å²) in [7, 11) is 0. The normalized spacial score (nSPS) is 10.0. The van der Waals surface area contributed by atoms with E-state index in [1.165, 1.54) is 12.3 Å². The highest BCUT2D eigenvalue weighted by Gasteiger charge is 1.94. The summed E-state index contributed by atoms with van der Waals surface area (Å²) in [6.45, 7) is 7.39. The monoisotopic (exact) mass is 210 g/mol. The van der Waals surface area contributed by atoms with Crippen LogP contribution in [0.5, 0.6) is 0 Å². The fraction of sp³-hybridized carbons (Fsp3) is 0.364. The Hall–Kier alpha value is -1.42. The SMILES string of the molecule is C=C(C)COCCNc1ccnc(F)c1. The molecule has 0 saturated heterocycles. The first kappa shape index (κ1) is 11.7. The van der Waals surface area contributed by atoms with Gasteiger partial charge in [0.05, 0.1) is 13.2 Å². The highest BCUT2D eigenvalue weighted by Crippen LogP contribution is 2.05. The standard InChI is InChI=1S/C11H15FN2O/c1-9(2)8-15-6-5-13-10-3-4-14-11(12)7-10/h3-4,7H,1,5-6,8H2,2H3,(H,13,14). The van der Waals surface area contributed by atoms with Crippen LogP contribution in [-0.2, 0) is 4.74 Å². The van der Waals surface area contributed by atoms with Crippen LogP contribution in [0, 0.1) is 5.95 Å². The fourth-order valence-corrected chi connectivity index (χ4v) is 1.03. The first-order valence-electron chi connectivity index (χ1n) is 4.76. The van der Waals surface area contributed by atoms with E-state index in [0.29, 0.717) is 25.4 Å². The number of nitrogens with one attached hydrogen (secondary N) is 1. The van der Waals surface area contributed by atoms with E-state index in [0.717, 1.165) is 5.57 Å². The number of halogens is 1. The highest BCUT2D eigenvalue weighted by molar-refractivity contribution is 5.40. The molecule has 82 valence electrons. The molecule has 1 heterocycles. The molecule has 4 heteroatoms. The maximum absolute atomic E-state index is 12.7. The van der Waals surface area contributed by atoms with Crippen LogP contribution in [0.3, 0.4) is 0 Å². The summed E-state index contributed by atoms with van der Waals surface area (Å²) in [5, 5.41) is 3.02. The number of hydrogen-bond donors (Lipinski definition) is 1. The predicted molar refractivity (Wildman–Crippen MR) is 58.3 cm³/mol. The summed E-state index contributed by atoms with van der Waals surface area (Å²) in [4.78, 5) is 3.46. The average molecular weight is 210 g/mol. The van der Waals surface area contributed by atoms with Crippen molar-refractivity contribution in [3.63, 3.8) is 0 Å². The fourth-order valence-electron chi connectivity index (χ4n) is 1.03. The predicted octanol–water partition coefficient (Wildman–Crippen LogP) is 2.23. The van der Waals surface area contributed by atoms with E-state index in [1.807, 2.05) is 6.92 Å². The lowest BCUT2D eigenvalue weighted by atomic mass is 10.4. The van der Waals surface area contributed by atoms with Crippen molar-refractivity contribution in [1.29, 1.82) is 0 Å². The van der Waals surface area contributed by atoms with Crippen LogP contribution in [0.4, 0.5) is 10.1 Å². The minimum atomic E-state index is -0.483. The van der Waals surface area contributed by atoms with Crippen molar-refractivity contribution in [3.8, 4) is 0 Å². The number of aromatic nitrogens is 1. The molecule has 0 fully saturated rings. The molecule has 3 nitrogen and oxygen atoms in total. The molecule has 1 N–H and O–H groups in total. The van der Waals surface area contributed by atoms with Gasteiger partial charge in [-0.25, -0.2) is 4.98 Å². The van der Waals surface area contributed by atoms with Gasteiger partial charge in [-0.1, -0.05) is 12.2 Å². The molecule has 0 atom stereocenters. The molecule has 0 aromatic carbocycles. The number of hydrogen-bond acceptors (Lipinski definition) is 3. The molecule has 1 rings (SSSR count). The second kappa shape index (κ2) is 6.14. The average Bonchev–Trinajstić information content (AvgIpc) is 2.17. The van der Waals surface area contributed by atoms with E-state index < -0.39 is 5.95 Å². The Bertz CT molecular complexity index is 328. The van der Waals surface area contributed by atoms with Gasteiger partial charge in [-0.05, 0) is 13.0 Å². The largest absolute Gasteiger partial charge is 0.383 e. The second-order valence-electron chi connectivity index (χ2n) is 3.30. The van der Waals surface area contributed by atoms with Crippen molar-refractivity contribution in [3.05, 3.63) is 36.4 Å². The van der Waals surface area contributed by atoms with E-state index in [2.05, 4.69) is 16.9 Å². The maximum atomic E-state index is 12.7. The Kier molecular flexibility index (Phi) is 4.77. The van der Waals surface area contributed by atoms with E-state index in [1.54, 1.807) is 6.07 Å². The van der Waals surface area contributed by atoms with Crippen LogP contribution in [-0.4, -0.2) is 24.7 Å². The molecule has 1 aromatic rings. The molecule has 0 radical (unpaired) electrons. The van der Waals surface area contributed by atoms with Crippen LogP contribution in [0.2, 0.25) is 0 Å². The molecule has 0 aliphatic rings. The summed E-state index contributed by atoms with van der Waals surface area (Å²) in [6.07, 6.45) is 1.42. The maximum Gasteiger partial charge on any atom is 0.214 e.